The number of halogens is 5. The van der Waals surface area contributed by atoms with Gasteiger partial charge in [0.25, 0.3) is 0 Å². The van der Waals surface area contributed by atoms with E-state index in [1.165, 1.54) is 30.4 Å². The molecule has 0 aliphatic heterocycles. The van der Waals surface area contributed by atoms with Crippen molar-refractivity contribution in [1.82, 2.24) is 9.88 Å². The van der Waals surface area contributed by atoms with E-state index >= 15 is 0 Å². The molecule has 1 unspecified atom stereocenters. The number of carbonyl (C=O) groups is 1. The van der Waals surface area contributed by atoms with Crippen molar-refractivity contribution in [3.63, 3.8) is 0 Å². The fourth-order valence-electron chi connectivity index (χ4n) is 5.32. The third-order valence-corrected chi connectivity index (χ3v) is 7.28. The Morgan fingerprint density at radius 3 is 2.40 bits per heavy atom. The Bertz CT molecular complexity index is 1020. The van der Waals surface area contributed by atoms with Gasteiger partial charge >= 0.3 is 6.18 Å². The number of aromatic nitrogens is 1. The minimum Gasteiger partial charge on any atom is -0.380 e. The van der Waals surface area contributed by atoms with E-state index in [9.17, 15) is 18.0 Å². The Balaban J connectivity index is 0.00000216. The number of alkyl halides is 3. The maximum absolute atomic E-state index is 14.0. The number of rotatable bonds is 5. The fourth-order valence-corrected chi connectivity index (χ4v) is 5.32. The van der Waals surface area contributed by atoms with Crippen LogP contribution < -0.4 is 11.1 Å². The summed E-state index contributed by atoms with van der Waals surface area (Å²) in [5.41, 5.74) is 8.73. The Morgan fingerprint density at radius 2 is 1.86 bits per heavy atom. The van der Waals surface area contributed by atoms with Crippen molar-refractivity contribution in [3.8, 4) is 0 Å². The highest BCUT2D eigenvalue weighted by molar-refractivity contribution is 5.85. The zero-order chi connectivity index (χ0) is 24.0. The van der Waals surface area contributed by atoms with Crippen molar-refractivity contribution < 1.29 is 18.0 Å². The third-order valence-electron chi connectivity index (χ3n) is 7.28. The van der Waals surface area contributed by atoms with Crippen molar-refractivity contribution in [2.24, 2.45) is 11.7 Å². The molecule has 4 rings (SSSR count). The molecule has 2 aromatic rings. The highest BCUT2D eigenvalue weighted by atomic mass is 35.5. The summed E-state index contributed by atoms with van der Waals surface area (Å²) in [6, 6.07) is 9.11. The van der Waals surface area contributed by atoms with Crippen LogP contribution in [0.3, 0.4) is 0 Å². The topological polar surface area (TPSA) is 71.2 Å². The average Bonchev–Trinajstić information content (AvgIpc) is 3.29. The Kier molecular flexibility index (Phi) is 9.12. The molecule has 0 radical (unpaired) electrons. The number of anilines is 1. The first kappa shape index (κ1) is 29.2. The fraction of sp³-hybridized carbons (Fsp3) is 0.520. The summed E-state index contributed by atoms with van der Waals surface area (Å²) in [7, 11) is 1.20. The summed E-state index contributed by atoms with van der Waals surface area (Å²) in [4.78, 5) is 17.7. The quantitative estimate of drug-likeness (QED) is 0.538. The molecule has 2 aliphatic rings. The number of benzene rings is 1. The van der Waals surface area contributed by atoms with E-state index in [1.54, 1.807) is 6.07 Å². The van der Waals surface area contributed by atoms with Gasteiger partial charge in [-0.05, 0) is 48.9 Å². The lowest BCUT2D eigenvalue weighted by Crippen LogP contribution is -2.42. The van der Waals surface area contributed by atoms with E-state index in [2.05, 4.69) is 36.3 Å². The van der Waals surface area contributed by atoms with Gasteiger partial charge in [0.2, 0.25) is 5.91 Å². The first-order chi connectivity index (χ1) is 15.5. The molecule has 1 fully saturated rings. The normalized spacial score (nSPS) is 23.5. The van der Waals surface area contributed by atoms with Crippen LogP contribution >= 0.6 is 24.8 Å². The van der Waals surface area contributed by atoms with Gasteiger partial charge in [0, 0.05) is 30.5 Å². The van der Waals surface area contributed by atoms with E-state index in [-0.39, 0.29) is 48.0 Å². The van der Waals surface area contributed by atoms with Crippen LogP contribution in [-0.4, -0.2) is 41.1 Å². The molecule has 4 atom stereocenters. The summed E-state index contributed by atoms with van der Waals surface area (Å²) in [6.07, 6.45) is -0.786. The molecule has 1 saturated carbocycles. The molecule has 0 spiro atoms. The largest absolute Gasteiger partial charge is 0.414 e. The van der Waals surface area contributed by atoms with Crippen LogP contribution in [0.25, 0.3) is 0 Å². The van der Waals surface area contributed by atoms with Crippen LogP contribution in [0, 0.1) is 5.92 Å². The summed E-state index contributed by atoms with van der Waals surface area (Å²) in [6.45, 7) is 4.32. The number of nitrogens with zero attached hydrogens (tertiary/aromatic N) is 2. The standard InChI is InChI=1S/C25H31F3N4O.2ClH/c1-24(2)19-7-5-4-6-15(19)13-21(24)31-18-10-11-20(30-14-18)22(25(26,27)28)32(3)23(33)16-8-9-17(29)12-16;;/h4-7,10-11,14,16-17,21-22,31H,8-9,12-13,29H2,1-3H3;2*1H/t16-,17+,21-,22?;;/m1../s1. The number of nitrogens with two attached hydrogens (primary N) is 1. The van der Waals surface area contributed by atoms with E-state index in [0.29, 0.717) is 24.9 Å². The van der Waals surface area contributed by atoms with Crippen molar-refractivity contribution in [2.45, 2.75) is 69.2 Å². The van der Waals surface area contributed by atoms with Crippen molar-refractivity contribution >= 4 is 36.4 Å². The lowest BCUT2D eigenvalue weighted by atomic mass is 9.83. The van der Waals surface area contributed by atoms with Gasteiger partial charge in [-0.2, -0.15) is 13.2 Å². The van der Waals surface area contributed by atoms with Gasteiger partial charge in [-0.1, -0.05) is 38.1 Å². The molecule has 2 aliphatic carbocycles. The predicted molar refractivity (Wildman–Crippen MR) is 136 cm³/mol. The number of carbonyl (C=O) groups excluding carboxylic acids is 1. The molecule has 1 amide bonds. The van der Waals surface area contributed by atoms with Crippen LogP contribution in [0.4, 0.5) is 18.9 Å². The number of nitrogens with one attached hydrogen (secondary N) is 1. The molecule has 35 heavy (non-hydrogen) atoms. The monoisotopic (exact) mass is 532 g/mol. The van der Waals surface area contributed by atoms with Crippen LogP contribution in [0.1, 0.15) is 56.0 Å². The second-order valence-corrected chi connectivity index (χ2v) is 9.91. The maximum Gasteiger partial charge on any atom is 0.414 e. The number of hydrogen-bond donors (Lipinski definition) is 2. The summed E-state index contributed by atoms with van der Waals surface area (Å²) in [5, 5.41) is 3.45. The Hall–Kier alpha value is -2.03. The lowest BCUT2D eigenvalue weighted by molar-refractivity contribution is -0.191. The number of amides is 1. The first-order valence-electron chi connectivity index (χ1n) is 11.4. The van der Waals surface area contributed by atoms with E-state index < -0.39 is 24.0 Å². The molecule has 1 aromatic heterocycles. The first-order valence-corrected chi connectivity index (χ1v) is 11.4. The van der Waals surface area contributed by atoms with Crippen LogP contribution in [0.5, 0.6) is 0 Å². The van der Waals surface area contributed by atoms with Crippen LogP contribution in [-0.2, 0) is 16.6 Å². The zero-order valence-electron chi connectivity index (χ0n) is 20.0. The van der Waals surface area contributed by atoms with Crippen molar-refractivity contribution in [2.75, 3.05) is 12.4 Å². The van der Waals surface area contributed by atoms with Crippen molar-refractivity contribution in [3.05, 3.63) is 59.4 Å². The van der Waals surface area contributed by atoms with Gasteiger partial charge in [-0.15, -0.1) is 24.8 Å². The number of hydrogen-bond acceptors (Lipinski definition) is 4. The molecule has 3 N–H and O–H groups in total. The Labute approximate surface area is 216 Å². The lowest BCUT2D eigenvalue weighted by Gasteiger charge is -2.32. The average molecular weight is 533 g/mol. The third kappa shape index (κ3) is 5.87. The minimum atomic E-state index is -4.64. The second kappa shape index (κ2) is 10.9. The number of pyridine rings is 1. The maximum atomic E-state index is 14.0. The van der Waals surface area contributed by atoms with Crippen LogP contribution in [0.2, 0.25) is 0 Å². The highest BCUT2D eigenvalue weighted by Gasteiger charge is 2.47. The van der Waals surface area contributed by atoms with Gasteiger partial charge in [0.1, 0.15) is 0 Å². The molecular weight excluding hydrogens is 500 g/mol. The molecule has 0 saturated heterocycles. The van der Waals surface area contributed by atoms with Crippen LogP contribution in [0.15, 0.2) is 42.6 Å². The summed E-state index contributed by atoms with van der Waals surface area (Å²) < 4.78 is 42.0. The number of fused-ring (bicyclic) bond motifs is 1. The minimum absolute atomic E-state index is 0. The molecule has 1 heterocycles. The SMILES string of the molecule is CN(C(=O)[C@@H]1CC[C@H](N)C1)C(c1ccc(N[C@@H]2Cc3ccccc3C2(C)C)cn1)C(F)(F)F.Cl.Cl. The molecule has 10 heteroatoms. The smallest absolute Gasteiger partial charge is 0.380 e. The van der Waals surface area contributed by atoms with Crippen molar-refractivity contribution in [1.29, 1.82) is 0 Å². The van der Waals surface area contributed by atoms with Gasteiger partial charge in [-0.25, -0.2) is 0 Å². The van der Waals surface area contributed by atoms with Gasteiger partial charge in [0.15, 0.2) is 6.04 Å². The zero-order valence-corrected chi connectivity index (χ0v) is 21.6. The van der Waals surface area contributed by atoms with Gasteiger partial charge in [0.05, 0.1) is 17.6 Å². The van der Waals surface area contributed by atoms with Gasteiger partial charge in [-0.3, -0.25) is 9.78 Å². The van der Waals surface area contributed by atoms with E-state index in [4.69, 9.17) is 5.73 Å². The highest BCUT2D eigenvalue weighted by Crippen LogP contribution is 2.41. The second-order valence-electron chi connectivity index (χ2n) is 9.91. The predicted octanol–water partition coefficient (Wildman–Crippen LogP) is 5.43. The Morgan fingerprint density at radius 1 is 1.17 bits per heavy atom. The molecule has 194 valence electrons. The molecule has 1 aromatic carbocycles. The summed E-state index contributed by atoms with van der Waals surface area (Å²) >= 11 is 0. The van der Waals surface area contributed by atoms with Gasteiger partial charge < -0.3 is 16.0 Å². The molecular formula is C25H33Cl2F3N4O. The van der Waals surface area contributed by atoms with E-state index in [1.807, 2.05) is 12.1 Å². The van der Waals surface area contributed by atoms with E-state index in [0.717, 1.165) is 11.3 Å². The summed E-state index contributed by atoms with van der Waals surface area (Å²) in [5.74, 6) is -0.998. The molecule has 0 bridgehead atoms. The molecule has 5 nitrogen and oxygen atoms in total.